The van der Waals surface area contributed by atoms with Gasteiger partial charge in [0, 0.05) is 10.7 Å². The predicted molar refractivity (Wildman–Crippen MR) is 98.8 cm³/mol. The SMILES string of the molecule is COc1ccccc1OC[C@@H](C)NC(=S)Nc1cccc(Cl)c1. The fourth-order valence-corrected chi connectivity index (χ4v) is 2.46. The highest BCUT2D eigenvalue weighted by Gasteiger charge is 2.08. The molecule has 0 radical (unpaired) electrons. The number of hydrogen-bond donors (Lipinski definition) is 2. The fraction of sp³-hybridized carbons (Fsp3) is 0.235. The predicted octanol–water partition coefficient (Wildman–Crippen LogP) is 4.10. The number of ether oxygens (including phenoxy) is 2. The van der Waals surface area contributed by atoms with E-state index in [2.05, 4.69) is 10.6 Å². The summed E-state index contributed by atoms with van der Waals surface area (Å²) in [5.41, 5.74) is 0.841. The van der Waals surface area contributed by atoms with Crippen molar-refractivity contribution in [2.75, 3.05) is 19.0 Å². The van der Waals surface area contributed by atoms with Crippen molar-refractivity contribution in [1.29, 1.82) is 0 Å². The Morgan fingerprint density at radius 2 is 1.91 bits per heavy atom. The molecule has 0 saturated heterocycles. The van der Waals surface area contributed by atoms with Gasteiger partial charge >= 0.3 is 0 Å². The summed E-state index contributed by atoms with van der Waals surface area (Å²) in [5.74, 6) is 1.41. The molecule has 0 fully saturated rings. The Bertz CT molecular complexity index is 667. The zero-order valence-corrected chi connectivity index (χ0v) is 14.6. The number of para-hydroxylation sites is 2. The van der Waals surface area contributed by atoms with Gasteiger partial charge in [0.15, 0.2) is 16.6 Å². The van der Waals surface area contributed by atoms with Crippen LogP contribution in [0.5, 0.6) is 11.5 Å². The molecular weight excluding hydrogens is 332 g/mol. The van der Waals surface area contributed by atoms with Gasteiger partial charge in [-0.3, -0.25) is 0 Å². The highest BCUT2D eigenvalue weighted by atomic mass is 35.5. The Morgan fingerprint density at radius 3 is 2.61 bits per heavy atom. The number of anilines is 1. The average Bonchev–Trinajstić information content (AvgIpc) is 2.53. The van der Waals surface area contributed by atoms with Crippen LogP contribution in [0, 0.1) is 0 Å². The van der Waals surface area contributed by atoms with E-state index in [-0.39, 0.29) is 6.04 Å². The van der Waals surface area contributed by atoms with Gasteiger partial charge in [0.25, 0.3) is 0 Å². The second-order valence-corrected chi connectivity index (χ2v) is 5.82. The largest absolute Gasteiger partial charge is 0.493 e. The van der Waals surface area contributed by atoms with Crippen LogP contribution in [0.3, 0.4) is 0 Å². The standard InChI is InChI=1S/C17H19ClN2O2S/c1-12(11-22-16-9-4-3-8-15(16)21-2)19-17(23)20-14-7-5-6-13(18)10-14/h3-10,12H,11H2,1-2H3,(H2,19,20,23)/t12-/m1/s1. The van der Waals surface area contributed by atoms with Crippen LogP contribution in [0.1, 0.15) is 6.92 Å². The lowest BCUT2D eigenvalue weighted by Gasteiger charge is -2.18. The van der Waals surface area contributed by atoms with Gasteiger partial charge in [-0.05, 0) is 49.5 Å². The molecule has 122 valence electrons. The van der Waals surface area contributed by atoms with Crippen LogP contribution in [0.15, 0.2) is 48.5 Å². The molecule has 0 unspecified atom stereocenters. The first-order valence-corrected chi connectivity index (χ1v) is 7.96. The summed E-state index contributed by atoms with van der Waals surface area (Å²) in [4.78, 5) is 0. The number of hydrogen-bond acceptors (Lipinski definition) is 3. The highest BCUT2D eigenvalue weighted by Crippen LogP contribution is 2.25. The molecule has 2 aromatic carbocycles. The van der Waals surface area contributed by atoms with E-state index in [0.29, 0.717) is 28.2 Å². The summed E-state index contributed by atoms with van der Waals surface area (Å²) in [6.45, 7) is 2.44. The molecule has 0 aromatic heterocycles. The molecular formula is C17H19ClN2O2S. The summed E-state index contributed by atoms with van der Waals surface area (Å²) < 4.78 is 11.0. The Kier molecular flexibility index (Phi) is 6.50. The second kappa shape index (κ2) is 8.60. The molecule has 4 nitrogen and oxygen atoms in total. The van der Waals surface area contributed by atoms with Gasteiger partial charge in [0.05, 0.1) is 13.2 Å². The molecule has 0 heterocycles. The van der Waals surface area contributed by atoms with E-state index in [1.807, 2.05) is 55.5 Å². The first kappa shape index (κ1) is 17.4. The van der Waals surface area contributed by atoms with E-state index in [9.17, 15) is 0 Å². The van der Waals surface area contributed by atoms with E-state index in [4.69, 9.17) is 33.3 Å². The van der Waals surface area contributed by atoms with E-state index in [0.717, 1.165) is 5.69 Å². The van der Waals surface area contributed by atoms with Gasteiger partial charge in [0.2, 0.25) is 0 Å². The third-order valence-corrected chi connectivity index (χ3v) is 3.47. The lowest BCUT2D eigenvalue weighted by Crippen LogP contribution is -2.39. The van der Waals surface area contributed by atoms with Crippen LogP contribution in [0.4, 0.5) is 5.69 Å². The van der Waals surface area contributed by atoms with Crippen LogP contribution in [-0.2, 0) is 0 Å². The summed E-state index contributed by atoms with van der Waals surface area (Å²) in [6, 6.07) is 14.9. The van der Waals surface area contributed by atoms with Gasteiger partial charge in [-0.2, -0.15) is 0 Å². The fourth-order valence-electron chi connectivity index (χ4n) is 1.95. The highest BCUT2D eigenvalue weighted by molar-refractivity contribution is 7.80. The lowest BCUT2D eigenvalue weighted by atomic mass is 10.3. The van der Waals surface area contributed by atoms with Gasteiger partial charge in [-0.25, -0.2) is 0 Å². The Balaban J connectivity index is 1.82. The van der Waals surface area contributed by atoms with Crippen molar-refractivity contribution in [1.82, 2.24) is 5.32 Å². The van der Waals surface area contributed by atoms with Gasteiger partial charge < -0.3 is 20.1 Å². The van der Waals surface area contributed by atoms with Crippen molar-refractivity contribution < 1.29 is 9.47 Å². The summed E-state index contributed by atoms with van der Waals surface area (Å²) in [6.07, 6.45) is 0. The monoisotopic (exact) mass is 350 g/mol. The lowest BCUT2D eigenvalue weighted by molar-refractivity contribution is 0.270. The number of rotatable bonds is 6. The van der Waals surface area contributed by atoms with Crippen molar-refractivity contribution in [2.45, 2.75) is 13.0 Å². The molecule has 0 amide bonds. The molecule has 0 bridgehead atoms. The normalized spacial score (nSPS) is 11.4. The summed E-state index contributed by atoms with van der Waals surface area (Å²) >= 11 is 11.2. The number of methoxy groups -OCH3 is 1. The topological polar surface area (TPSA) is 42.5 Å². The molecule has 0 saturated carbocycles. The molecule has 23 heavy (non-hydrogen) atoms. The van der Waals surface area contributed by atoms with Crippen LogP contribution in [0.2, 0.25) is 5.02 Å². The smallest absolute Gasteiger partial charge is 0.171 e. The minimum Gasteiger partial charge on any atom is -0.493 e. The number of nitrogens with one attached hydrogen (secondary N) is 2. The maximum Gasteiger partial charge on any atom is 0.171 e. The quantitative estimate of drug-likeness (QED) is 0.768. The van der Waals surface area contributed by atoms with Crippen LogP contribution in [0.25, 0.3) is 0 Å². The average molecular weight is 351 g/mol. The van der Waals surface area contributed by atoms with Gasteiger partial charge in [-0.15, -0.1) is 0 Å². The summed E-state index contributed by atoms with van der Waals surface area (Å²) in [7, 11) is 1.62. The van der Waals surface area contributed by atoms with Crippen molar-refractivity contribution in [3.63, 3.8) is 0 Å². The molecule has 2 aromatic rings. The molecule has 1 atom stereocenters. The zero-order chi connectivity index (χ0) is 16.7. The van der Waals surface area contributed by atoms with Crippen molar-refractivity contribution >= 4 is 34.6 Å². The molecule has 0 spiro atoms. The van der Waals surface area contributed by atoms with Gasteiger partial charge in [-0.1, -0.05) is 29.8 Å². The van der Waals surface area contributed by atoms with E-state index in [1.165, 1.54) is 0 Å². The third-order valence-electron chi connectivity index (χ3n) is 3.02. The first-order chi connectivity index (χ1) is 11.1. The molecule has 6 heteroatoms. The third kappa shape index (κ3) is 5.62. The maximum absolute atomic E-state index is 5.94. The summed E-state index contributed by atoms with van der Waals surface area (Å²) in [5, 5.41) is 7.43. The number of benzene rings is 2. The number of halogens is 1. The number of thiocarbonyl (C=S) groups is 1. The zero-order valence-electron chi connectivity index (χ0n) is 13.0. The second-order valence-electron chi connectivity index (χ2n) is 4.97. The van der Waals surface area contributed by atoms with Crippen LogP contribution < -0.4 is 20.1 Å². The van der Waals surface area contributed by atoms with Crippen LogP contribution in [-0.4, -0.2) is 24.9 Å². The molecule has 0 aliphatic heterocycles. The van der Waals surface area contributed by atoms with Crippen molar-refractivity contribution in [3.05, 3.63) is 53.6 Å². The van der Waals surface area contributed by atoms with E-state index >= 15 is 0 Å². The van der Waals surface area contributed by atoms with Crippen molar-refractivity contribution in [3.8, 4) is 11.5 Å². The molecule has 0 aliphatic carbocycles. The van der Waals surface area contributed by atoms with Crippen molar-refractivity contribution in [2.24, 2.45) is 0 Å². The van der Waals surface area contributed by atoms with E-state index in [1.54, 1.807) is 7.11 Å². The minimum absolute atomic E-state index is 0.0269. The molecule has 0 aliphatic rings. The van der Waals surface area contributed by atoms with E-state index < -0.39 is 0 Å². The molecule has 2 rings (SSSR count). The van der Waals surface area contributed by atoms with Crippen LogP contribution >= 0.6 is 23.8 Å². The van der Waals surface area contributed by atoms with Gasteiger partial charge in [0.1, 0.15) is 6.61 Å². The minimum atomic E-state index is 0.0269. The first-order valence-electron chi connectivity index (χ1n) is 7.17. The molecule has 2 N–H and O–H groups in total. The Labute approximate surface area is 146 Å². The Hall–Kier alpha value is -1.98. The Morgan fingerprint density at radius 1 is 1.17 bits per heavy atom. The maximum atomic E-state index is 5.94.